The minimum absolute atomic E-state index is 0.0265. The van der Waals surface area contributed by atoms with Crippen molar-refractivity contribution in [3.05, 3.63) is 65.7 Å². The van der Waals surface area contributed by atoms with Crippen LogP contribution in [-0.4, -0.2) is 29.8 Å². The summed E-state index contributed by atoms with van der Waals surface area (Å²) in [5.74, 6) is 1.17. The highest BCUT2D eigenvalue weighted by molar-refractivity contribution is 5.54. The Balaban J connectivity index is 1.55. The van der Waals surface area contributed by atoms with Gasteiger partial charge in [-0.1, -0.05) is 42.5 Å². The monoisotopic (exact) mass is 321 g/mol. The molecule has 5 nitrogen and oxygen atoms in total. The van der Waals surface area contributed by atoms with Crippen molar-refractivity contribution in [2.24, 2.45) is 0 Å². The van der Waals surface area contributed by atoms with E-state index in [4.69, 9.17) is 9.26 Å². The van der Waals surface area contributed by atoms with Crippen molar-refractivity contribution in [1.82, 2.24) is 10.1 Å². The van der Waals surface area contributed by atoms with E-state index in [1.807, 2.05) is 42.5 Å². The molecule has 1 atom stereocenters. The first-order valence-electron chi connectivity index (χ1n) is 8.12. The fourth-order valence-electron chi connectivity index (χ4n) is 3.01. The van der Waals surface area contributed by atoms with Gasteiger partial charge in [0.1, 0.15) is 6.10 Å². The van der Waals surface area contributed by atoms with Gasteiger partial charge < -0.3 is 14.2 Å². The molecule has 0 radical (unpaired) electrons. The second-order valence-electron chi connectivity index (χ2n) is 5.93. The molecule has 1 saturated heterocycles. The smallest absolute Gasteiger partial charge is 0.266 e. The summed E-state index contributed by atoms with van der Waals surface area (Å²) in [6, 6.07) is 18.1. The number of hydrogen-bond acceptors (Lipinski definition) is 5. The number of morpholine rings is 1. The van der Waals surface area contributed by atoms with Crippen molar-refractivity contribution < 1.29 is 9.26 Å². The topological polar surface area (TPSA) is 51.4 Å². The van der Waals surface area contributed by atoms with Crippen molar-refractivity contribution in [2.45, 2.75) is 13.0 Å². The predicted octanol–water partition coefficient (Wildman–Crippen LogP) is 3.62. The summed E-state index contributed by atoms with van der Waals surface area (Å²) >= 11 is 0. The summed E-state index contributed by atoms with van der Waals surface area (Å²) in [5.41, 5.74) is 3.39. The number of ether oxygens (including phenoxy) is 1. The Bertz CT molecular complexity index is 816. The van der Waals surface area contributed by atoms with Crippen LogP contribution in [0.15, 0.2) is 59.1 Å². The van der Waals surface area contributed by atoms with Gasteiger partial charge in [-0.3, -0.25) is 0 Å². The highest BCUT2D eigenvalue weighted by Gasteiger charge is 2.26. The Morgan fingerprint density at radius 2 is 1.83 bits per heavy atom. The van der Waals surface area contributed by atoms with Crippen LogP contribution in [0.5, 0.6) is 0 Å². The van der Waals surface area contributed by atoms with E-state index in [-0.39, 0.29) is 6.10 Å². The number of benzene rings is 2. The lowest BCUT2D eigenvalue weighted by Crippen LogP contribution is -2.39. The molecule has 2 heterocycles. The van der Waals surface area contributed by atoms with Gasteiger partial charge >= 0.3 is 0 Å². The van der Waals surface area contributed by atoms with Crippen molar-refractivity contribution in [3.63, 3.8) is 0 Å². The molecule has 1 aromatic heterocycles. The van der Waals surface area contributed by atoms with E-state index in [0.29, 0.717) is 18.4 Å². The number of nitrogens with zero attached hydrogens (tertiary/aromatic N) is 3. The average molecular weight is 321 g/mol. The van der Waals surface area contributed by atoms with Gasteiger partial charge in [-0.2, -0.15) is 4.98 Å². The lowest BCUT2D eigenvalue weighted by atomic mass is 10.0. The van der Waals surface area contributed by atoms with Gasteiger partial charge in [0.05, 0.1) is 13.2 Å². The first-order valence-corrected chi connectivity index (χ1v) is 8.12. The van der Waals surface area contributed by atoms with Crippen LogP contribution >= 0.6 is 0 Å². The number of aryl methyl sites for hydroxylation is 1. The minimum Gasteiger partial charge on any atom is -0.370 e. The standard InChI is InChI=1S/C19H19N3O2/c1-14-7-5-6-10-16(14)17-13-22(11-12-23-17)19-20-18(24-21-19)15-8-3-2-4-9-15/h2-10,17H,11-13H2,1H3. The fraction of sp³-hybridized carbons (Fsp3) is 0.263. The van der Waals surface area contributed by atoms with E-state index in [1.54, 1.807) is 0 Å². The van der Waals surface area contributed by atoms with Crippen LogP contribution in [0.4, 0.5) is 5.95 Å². The Morgan fingerprint density at radius 1 is 1.04 bits per heavy atom. The molecule has 0 amide bonds. The lowest BCUT2D eigenvalue weighted by Gasteiger charge is -2.32. The molecule has 0 N–H and O–H groups in total. The molecule has 1 aliphatic rings. The van der Waals surface area contributed by atoms with Crippen LogP contribution in [0.3, 0.4) is 0 Å². The van der Waals surface area contributed by atoms with E-state index in [9.17, 15) is 0 Å². The summed E-state index contributed by atoms with van der Waals surface area (Å²) in [5, 5.41) is 4.15. The number of rotatable bonds is 3. The van der Waals surface area contributed by atoms with Crippen LogP contribution in [0.1, 0.15) is 17.2 Å². The van der Waals surface area contributed by atoms with Crippen molar-refractivity contribution >= 4 is 5.95 Å². The van der Waals surface area contributed by atoms with E-state index in [2.05, 4.69) is 34.1 Å². The normalized spacial score (nSPS) is 17.9. The van der Waals surface area contributed by atoms with Gasteiger partial charge in [0.2, 0.25) is 0 Å². The Morgan fingerprint density at radius 3 is 2.67 bits per heavy atom. The maximum Gasteiger partial charge on any atom is 0.266 e. The third-order valence-corrected chi connectivity index (χ3v) is 4.32. The van der Waals surface area contributed by atoms with Gasteiger partial charge in [0.15, 0.2) is 0 Å². The van der Waals surface area contributed by atoms with Crippen LogP contribution in [-0.2, 0) is 4.74 Å². The Kier molecular flexibility index (Phi) is 4.01. The van der Waals surface area contributed by atoms with Gasteiger partial charge in [-0.05, 0) is 35.3 Å². The molecule has 122 valence electrons. The van der Waals surface area contributed by atoms with Crippen molar-refractivity contribution in [2.75, 3.05) is 24.6 Å². The molecule has 3 aromatic rings. The molecule has 1 aliphatic heterocycles. The summed E-state index contributed by atoms with van der Waals surface area (Å²) in [4.78, 5) is 6.67. The average Bonchev–Trinajstić information content (AvgIpc) is 3.13. The molecular weight excluding hydrogens is 302 g/mol. The third-order valence-electron chi connectivity index (χ3n) is 4.32. The third kappa shape index (κ3) is 2.90. The molecule has 5 heteroatoms. The molecule has 0 bridgehead atoms. The second kappa shape index (κ2) is 6.45. The maximum absolute atomic E-state index is 5.96. The zero-order chi connectivity index (χ0) is 16.4. The summed E-state index contributed by atoms with van der Waals surface area (Å²) in [7, 11) is 0. The van der Waals surface area contributed by atoms with E-state index >= 15 is 0 Å². The Labute approximate surface area is 140 Å². The lowest BCUT2D eigenvalue weighted by molar-refractivity contribution is 0.0387. The Hall–Kier alpha value is -2.66. The summed E-state index contributed by atoms with van der Waals surface area (Å²) in [6.45, 7) is 4.24. The van der Waals surface area contributed by atoms with Crippen LogP contribution in [0.2, 0.25) is 0 Å². The summed E-state index contributed by atoms with van der Waals surface area (Å²) in [6.07, 6.45) is 0.0265. The van der Waals surface area contributed by atoms with Crippen molar-refractivity contribution in [3.8, 4) is 11.5 Å². The molecule has 4 rings (SSSR count). The fourth-order valence-corrected chi connectivity index (χ4v) is 3.01. The molecular formula is C19H19N3O2. The van der Waals surface area contributed by atoms with Crippen LogP contribution < -0.4 is 4.90 Å². The van der Waals surface area contributed by atoms with Crippen molar-refractivity contribution in [1.29, 1.82) is 0 Å². The van der Waals surface area contributed by atoms with Gasteiger partial charge in [-0.25, -0.2) is 0 Å². The van der Waals surface area contributed by atoms with Crippen LogP contribution in [0, 0.1) is 6.92 Å². The van der Waals surface area contributed by atoms with Gasteiger partial charge in [-0.15, -0.1) is 0 Å². The van der Waals surface area contributed by atoms with Gasteiger partial charge in [0, 0.05) is 12.1 Å². The maximum atomic E-state index is 5.96. The molecule has 0 saturated carbocycles. The first-order chi connectivity index (χ1) is 11.8. The SMILES string of the molecule is Cc1ccccc1C1CN(c2noc(-c3ccccc3)n2)CCO1. The second-order valence-corrected chi connectivity index (χ2v) is 5.93. The zero-order valence-electron chi connectivity index (χ0n) is 13.6. The largest absolute Gasteiger partial charge is 0.370 e. The number of aromatic nitrogens is 2. The molecule has 0 aliphatic carbocycles. The number of hydrogen-bond donors (Lipinski definition) is 0. The van der Waals surface area contributed by atoms with E-state index < -0.39 is 0 Å². The van der Waals surface area contributed by atoms with E-state index in [1.165, 1.54) is 11.1 Å². The highest BCUT2D eigenvalue weighted by atomic mass is 16.5. The first kappa shape index (κ1) is 14.9. The predicted molar refractivity (Wildman–Crippen MR) is 91.8 cm³/mol. The highest BCUT2D eigenvalue weighted by Crippen LogP contribution is 2.28. The molecule has 0 spiro atoms. The molecule has 24 heavy (non-hydrogen) atoms. The van der Waals surface area contributed by atoms with Crippen LogP contribution in [0.25, 0.3) is 11.5 Å². The van der Waals surface area contributed by atoms with E-state index in [0.717, 1.165) is 18.7 Å². The quantitative estimate of drug-likeness (QED) is 0.737. The van der Waals surface area contributed by atoms with Gasteiger partial charge in [0.25, 0.3) is 11.8 Å². The molecule has 1 unspecified atom stereocenters. The molecule has 1 fully saturated rings. The zero-order valence-corrected chi connectivity index (χ0v) is 13.6. The minimum atomic E-state index is 0.0265. The summed E-state index contributed by atoms with van der Waals surface area (Å²) < 4.78 is 11.4. The number of anilines is 1. The molecule has 2 aromatic carbocycles.